The number of halogens is 1. The number of para-hydroxylation sites is 1. The zero-order valence-corrected chi connectivity index (χ0v) is 11.7. The van der Waals surface area contributed by atoms with Crippen molar-refractivity contribution >= 4 is 5.91 Å². The monoisotopic (exact) mass is 285 g/mol. The lowest BCUT2D eigenvalue weighted by Gasteiger charge is -2.17. The fourth-order valence-electron chi connectivity index (χ4n) is 1.61. The highest BCUT2D eigenvalue weighted by molar-refractivity contribution is 5.80. The van der Waals surface area contributed by atoms with Gasteiger partial charge in [-0.15, -0.1) is 0 Å². The molecule has 0 aromatic heterocycles. The van der Waals surface area contributed by atoms with E-state index >= 15 is 0 Å². The first-order valence-electron chi connectivity index (χ1n) is 6.41. The van der Waals surface area contributed by atoms with Crippen LogP contribution in [-0.4, -0.2) is 37.4 Å². The molecule has 6 heteroatoms. The second-order valence-electron chi connectivity index (χ2n) is 4.28. The van der Waals surface area contributed by atoms with E-state index in [1.54, 1.807) is 13.2 Å². The highest BCUT2D eigenvalue weighted by Gasteiger charge is 2.18. The number of aliphatic hydroxyl groups is 1. The molecule has 112 valence electrons. The van der Waals surface area contributed by atoms with Gasteiger partial charge in [-0.2, -0.15) is 0 Å². The average Bonchev–Trinajstić information content (AvgIpc) is 2.45. The van der Waals surface area contributed by atoms with E-state index in [0.717, 1.165) is 0 Å². The summed E-state index contributed by atoms with van der Waals surface area (Å²) in [4.78, 5) is 11.8. The fraction of sp³-hybridized carbons (Fsp3) is 0.500. The van der Waals surface area contributed by atoms with E-state index in [1.165, 1.54) is 19.1 Å². The number of methoxy groups -OCH3 is 1. The van der Waals surface area contributed by atoms with Gasteiger partial charge in [0.25, 0.3) is 5.91 Å². The van der Waals surface area contributed by atoms with Gasteiger partial charge in [-0.1, -0.05) is 12.1 Å². The van der Waals surface area contributed by atoms with E-state index in [2.05, 4.69) is 5.32 Å². The largest absolute Gasteiger partial charge is 0.477 e. The van der Waals surface area contributed by atoms with Gasteiger partial charge in [-0.3, -0.25) is 4.79 Å². The molecule has 20 heavy (non-hydrogen) atoms. The maximum atomic E-state index is 13.6. The van der Waals surface area contributed by atoms with E-state index in [0.29, 0.717) is 25.1 Å². The van der Waals surface area contributed by atoms with Crippen LogP contribution in [0.15, 0.2) is 18.2 Å². The summed E-state index contributed by atoms with van der Waals surface area (Å²) in [6.45, 7) is 2.19. The summed E-state index contributed by atoms with van der Waals surface area (Å²) in [5, 5.41) is 11.8. The first kappa shape index (κ1) is 16.4. The van der Waals surface area contributed by atoms with Crippen LogP contribution in [0.25, 0.3) is 0 Å². The molecule has 0 aliphatic carbocycles. The molecule has 0 heterocycles. The van der Waals surface area contributed by atoms with E-state index in [-0.39, 0.29) is 18.3 Å². The molecular formula is C14H20FNO4. The van der Waals surface area contributed by atoms with E-state index in [4.69, 9.17) is 14.6 Å². The summed E-state index contributed by atoms with van der Waals surface area (Å²) in [5.41, 5.74) is 0.309. The van der Waals surface area contributed by atoms with Gasteiger partial charge in [0.15, 0.2) is 17.7 Å². The van der Waals surface area contributed by atoms with Crippen molar-refractivity contribution in [2.75, 3.05) is 20.3 Å². The van der Waals surface area contributed by atoms with Gasteiger partial charge in [-0.25, -0.2) is 4.39 Å². The summed E-state index contributed by atoms with van der Waals surface area (Å²) < 4.78 is 23.8. The zero-order chi connectivity index (χ0) is 15.0. The van der Waals surface area contributed by atoms with Crippen molar-refractivity contribution in [2.24, 2.45) is 0 Å². The number of hydrogen-bond donors (Lipinski definition) is 2. The molecule has 1 amide bonds. The Morgan fingerprint density at radius 2 is 2.25 bits per heavy atom. The molecule has 0 aliphatic heterocycles. The fourth-order valence-corrected chi connectivity index (χ4v) is 1.61. The Hall–Kier alpha value is -1.66. The van der Waals surface area contributed by atoms with Gasteiger partial charge in [0.2, 0.25) is 0 Å². The topological polar surface area (TPSA) is 67.8 Å². The minimum atomic E-state index is -0.847. The molecule has 0 spiro atoms. The molecule has 0 saturated carbocycles. The van der Waals surface area contributed by atoms with Gasteiger partial charge in [0.1, 0.15) is 0 Å². The lowest BCUT2D eigenvalue weighted by Crippen LogP contribution is -2.37. The lowest BCUT2D eigenvalue weighted by atomic mass is 10.2. The van der Waals surface area contributed by atoms with Gasteiger partial charge in [-0.05, 0) is 19.4 Å². The Morgan fingerprint density at radius 3 is 2.90 bits per heavy atom. The predicted molar refractivity (Wildman–Crippen MR) is 71.9 cm³/mol. The standard InChI is InChI=1S/C14H20FNO4/c1-10(14(18)16-7-4-8-19-2)20-13-11(9-17)5-3-6-12(13)15/h3,5-6,10,17H,4,7-9H2,1-2H3,(H,16,18). The first-order chi connectivity index (χ1) is 9.60. The van der Waals surface area contributed by atoms with Crippen LogP contribution in [0.2, 0.25) is 0 Å². The smallest absolute Gasteiger partial charge is 0.260 e. The number of hydrogen-bond acceptors (Lipinski definition) is 4. The summed E-state index contributed by atoms with van der Waals surface area (Å²) in [6.07, 6.45) is -0.156. The van der Waals surface area contributed by atoms with Crippen molar-refractivity contribution in [2.45, 2.75) is 26.1 Å². The Morgan fingerprint density at radius 1 is 1.50 bits per heavy atom. The van der Waals surface area contributed by atoms with Crippen LogP contribution in [-0.2, 0) is 16.1 Å². The number of carbonyl (C=O) groups excluding carboxylic acids is 1. The lowest BCUT2D eigenvalue weighted by molar-refractivity contribution is -0.127. The summed E-state index contributed by atoms with van der Waals surface area (Å²) >= 11 is 0. The number of aliphatic hydroxyl groups excluding tert-OH is 1. The second kappa shape index (κ2) is 8.50. The van der Waals surface area contributed by atoms with Crippen LogP contribution in [0, 0.1) is 5.82 Å². The third kappa shape index (κ3) is 4.79. The molecule has 1 unspecified atom stereocenters. The normalized spacial score (nSPS) is 12.0. The van der Waals surface area contributed by atoms with Crippen LogP contribution in [0.4, 0.5) is 4.39 Å². The molecule has 0 saturated heterocycles. The zero-order valence-electron chi connectivity index (χ0n) is 11.7. The maximum absolute atomic E-state index is 13.6. The summed E-state index contributed by atoms with van der Waals surface area (Å²) in [6, 6.07) is 4.24. The number of ether oxygens (including phenoxy) is 2. The van der Waals surface area contributed by atoms with Crippen LogP contribution >= 0.6 is 0 Å². The van der Waals surface area contributed by atoms with Crippen molar-refractivity contribution in [1.29, 1.82) is 0 Å². The van der Waals surface area contributed by atoms with Crippen LogP contribution in [0.3, 0.4) is 0 Å². The van der Waals surface area contributed by atoms with Crippen molar-refractivity contribution in [3.63, 3.8) is 0 Å². The van der Waals surface area contributed by atoms with Crippen LogP contribution in [0.1, 0.15) is 18.9 Å². The van der Waals surface area contributed by atoms with Gasteiger partial charge in [0, 0.05) is 25.8 Å². The Labute approximate surface area is 117 Å². The molecule has 0 aliphatic rings. The molecule has 0 bridgehead atoms. The van der Waals surface area contributed by atoms with Crippen molar-refractivity contribution in [3.05, 3.63) is 29.6 Å². The van der Waals surface area contributed by atoms with E-state index in [9.17, 15) is 9.18 Å². The summed E-state index contributed by atoms with van der Waals surface area (Å²) in [7, 11) is 1.59. The van der Waals surface area contributed by atoms with Crippen molar-refractivity contribution < 1.29 is 23.8 Å². The molecule has 0 radical (unpaired) electrons. The molecule has 1 aromatic rings. The summed E-state index contributed by atoms with van der Waals surface area (Å²) in [5.74, 6) is -1.03. The Balaban J connectivity index is 2.57. The van der Waals surface area contributed by atoms with Gasteiger partial charge >= 0.3 is 0 Å². The van der Waals surface area contributed by atoms with Crippen molar-refractivity contribution in [3.8, 4) is 5.75 Å². The maximum Gasteiger partial charge on any atom is 0.260 e. The van der Waals surface area contributed by atoms with Gasteiger partial charge in [0.05, 0.1) is 6.61 Å². The Kier molecular flexibility index (Phi) is 6.97. The van der Waals surface area contributed by atoms with Crippen LogP contribution < -0.4 is 10.1 Å². The molecule has 5 nitrogen and oxygen atoms in total. The van der Waals surface area contributed by atoms with E-state index < -0.39 is 11.9 Å². The number of amides is 1. The minimum absolute atomic E-state index is 0.0884. The van der Waals surface area contributed by atoms with E-state index in [1.807, 2.05) is 0 Å². The van der Waals surface area contributed by atoms with Gasteiger partial charge < -0.3 is 19.9 Å². The molecule has 0 fully saturated rings. The third-order valence-electron chi connectivity index (χ3n) is 2.71. The molecule has 2 N–H and O–H groups in total. The first-order valence-corrected chi connectivity index (χ1v) is 6.41. The SMILES string of the molecule is COCCCNC(=O)C(C)Oc1c(F)cccc1CO. The number of rotatable bonds is 8. The highest BCUT2D eigenvalue weighted by atomic mass is 19.1. The second-order valence-corrected chi connectivity index (χ2v) is 4.28. The van der Waals surface area contributed by atoms with Crippen molar-refractivity contribution in [1.82, 2.24) is 5.32 Å². The third-order valence-corrected chi connectivity index (χ3v) is 2.71. The predicted octanol–water partition coefficient (Wildman–Crippen LogP) is 1.24. The van der Waals surface area contributed by atoms with Crippen LogP contribution in [0.5, 0.6) is 5.75 Å². The number of nitrogens with one attached hydrogen (secondary N) is 1. The Bertz CT molecular complexity index is 439. The minimum Gasteiger partial charge on any atom is -0.477 e. The average molecular weight is 285 g/mol. The highest BCUT2D eigenvalue weighted by Crippen LogP contribution is 2.23. The number of benzene rings is 1. The molecule has 1 aromatic carbocycles. The molecule has 1 atom stereocenters. The number of carbonyl (C=O) groups is 1. The molecule has 1 rings (SSSR count). The molecular weight excluding hydrogens is 265 g/mol. The quantitative estimate of drug-likeness (QED) is 0.705.